The van der Waals surface area contributed by atoms with Gasteiger partial charge >= 0.3 is 0 Å². The number of ether oxygens (including phenoxy) is 1. The van der Waals surface area contributed by atoms with Gasteiger partial charge in [-0.1, -0.05) is 6.07 Å². The number of carbonyl (C=O) groups is 2. The zero-order valence-corrected chi connectivity index (χ0v) is 14.6. The molecule has 0 aromatic carbocycles. The van der Waals surface area contributed by atoms with Crippen molar-refractivity contribution < 1.29 is 14.3 Å². The molecule has 3 rings (SSSR count). The van der Waals surface area contributed by atoms with E-state index in [1.165, 1.54) is 10.6 Å². The average Bonchev–Trinajstić information content (AvgIpc) is 3.04. The van der Waals surface area contributed by atoms with Crippen LogP contribution in [0.1, 0.15) is 19.3 Å². The number of rotatable bonds is 5. The summed E-state index contributed by atoms with van der Waals surface area (Å²) in [5.41, 5.74) is -0.646. The Morgan fingerprint density at radius 1 is 1.24 bits per heavy atom. The highest BCUT2D eigenvalue weighted by atomic mass is 16.5. The first-order valence-electron chi connectivity index (χ1n) is 8.77. The van der Waals surface area contributed by atoms with Crippen LogP contribution < -0.4 is 5.56 Å². The largest absolute Gasteiger partial charge is 0.383 e. The van der Waals surface area contributed by atoms with Crippen LogP contribution in [0.4, 0.5) is 0 Å². The summed E-state index contributed by atoms with van der Waals surface area (Å²) in [6.07, 6.45) is 4.09. The summed E-state index contributed by atoms with van der Waals surface area (Å²) in [5, 5.41) is 0. The van der Waals surface area contributed by atoms with Crippen molar-refractivity contribution in [2.45, 2.75) is 25.8 Å². The second-order valence-corrected chi connectivity index (χ2v) is 6.90. The van der Waals surface area contributed by atoms with Gasteiger partial charge in [0.05, 0.1) is 12.0 Å². The van der Waals surface area contributed by atoms with E-state index in [0.717, 1.165) is 19.4 Å². The van der Waals surface area contributed by atoms with E-state index in [4.69, 9.17) is 4.74 Å². The van der Waals surface area contributed by atoms with Crippen LogP contribution in [0.2, 0.25) is 0 Å². The Kier molecular flexibility index (Phi) is 5.22. The highest BCUT2D eigenvalue weighted by molar-refractivity contribution is 5.86. The minimum atomic E-state index is -0.455. The number of amides is 2. The molecule has 2 fully saturated rings. The van der Waals surface area contributed by atoms with Crippen LogP contribution in [0.25, 0.3) is 0 Å². The molecule has 7 nitrogen and oxygen atoms in total. The van der Waals surface area contributed by atoms with Gasteiger partial charge < -0.3 is 19.1 Å². The third kappa shape index (κ3) is 3.61. The lowest BCUT2D eigenvalue weighted by molar-refractivity contribution is -0.146. The van der Waals surface area contributed by atoms with Gasteiger partial charge in [0.25, 0.3) is 5.56 Å². The van der Waals surface area contributed by atoms with Gasteiger partial charge in [0.2, 0.25) is 11.8 Å². The van der Waals surface area contributed by atoms with Crippen LogP contribution in [0, 0.1) is 5.41 Å². The van der Waals surface area contributed by atoms with Crippen molar-refractivity contribution in [2.24, 2.45) is 5.41 Å². The van der Waals surface area contributed by atoms with Crippen LogP contribution in [0.3, 0.4) is 0 Å². The summed E-state index contributed by atoms with van der Waals surface area (Å²) in [4.78, 5) is 40.9. The maximum Gasteiger partial charge on any atom is 0.250 e. The van der Waals surface area contributed by atoms with Crippen LogP contribution in [-0.2, 0) is 20.9 Å². The summed E-state index contributed by atoms with van der Waals surface area (Å²) < 4.78 is 6.49. The van der Waals surface area contributed by atoms with E-state index in [1.807, 2.05) is 4.90 Å². The predicted octanol–water partition coefficient (Wildman–Crippen LogP) is 0.336. The van der Waals surface area contributed by atoms with Crippen LogP contribution in [-0.4, -0.2) is 66.1 Å². The van der Waals surface area contributed by atoms with Crippen LogP contribution in [0.5, 0.6) is 0 Å². The molecule has 0 N–H and O–H groups in total. The normalized spacial score (nSPS) is 23.5. The van der Waals surface area contributed by atoms with E-state index in [0.29, 0.717) is 32.7 Å². The van der Waals surface area contributed by atoms with Crippen molar-refractivity contribution in [3.8, 4) is 0 Å². The number of carbonyl (C=O) groups excluding carboxylic acids is 2. The Balaban J connectivity index is 1.66. The van der Waals surface area contributed by atoms with Crippen molar-refractivity contribution >= 4 is 11.8 Å². The summed E-state index contributed by atoms with van der Waals surface area (Å²) in [6.45, 7) is 2.94. The van der Waals surface area contributed by atoms with E-state index in [2.05, 4.69) is 0 Å². The van der Waals surface area contributed by atoms with E-state index in [1.54, 1.807) is 30.3 Å². The number of hydrogen-bond donors (Lipinski definition) is 0. The Bertz CT molecular complexity index is 702. The van der Waals surface area contributed by atoms with Crippen molar-refractivity contribution in [3.05, 3.63) is 34.7 Å². The van der Waals surface area contributed by atoms with E-state index in [9.17, 15) is 14.4 Å². The first-order valence-corrected chi connectivity index (χ1v) is 8.77. The highest BCUT2D eigenvalue weighted by Gasteiger charge is 2.49. The first kappa shape index (κ1) is 17.7. The zero-order valence-electron chi connectivity index (χ0n) is 14.6. The monoisotopic (exact) mass is 347 g/mol. The molecule has 1 spiro atoms. The van der Waals surface area contributed by atoms with E-state index in [-0.39, 0.29) is 23.9 Å². The molecule has 136 valence electrons. The fraction of sp³-hybridized carbons (Fsp3) is 0.611. The van der Waals surface area contributed by atoms with E-state index < -0.39 is 5.41 Å². The smallest absolute Gasteiger partial charge is 0.250 e. The Labute approximate surface area is 147 Å². The topological polar surface area (TPSA) is 71.8 Å². The minimum Gasteiger partial charge on any atom is -0.383 e. The first-order chi connectivity index (χ1) is 12.1. The van der Waals surface area contributed by atoms with Crippen LogP contribution in [0.15, 0.2) is 29.2 Å². The number of likely N-dealkylation sites (tertiary alicyclic amines) is 2. The summed E-state index contributed by atoms with van der Waals surface area (Å²) in [7, 11) is 1.63. The Morgan fingerprint density at radius 2 is 2.08 bits per heavy atom. The van der Waals surface area contributed by atoms with Gasteiger partial charge in [-0.25, -0.2) is 0 Å². The third-order valence-corrected chi connectivity index (χ3v) is 5.30. The SMILES string of the molecule is COCCN1CCC[C@]2(CCN(C(=O)Cn3ccccc3=O)C2)C1=O. The standard InChI is InChI=1S/C18H25N3O4/c1-25-12-11-19-9-4-6-18(17(19)24)7-10-21(14-18)16(23)13-20-8-3-2-5-15(20)22/h2-3,5,8H,4,6-7,9-14H2,1H3/t18-/m1/s1. The molecule has 1 aromatic heterocycles. The summed E-state index contributed by atoms with van der Waals surface area (Å²) >= 11 is 0. The fourth-order valence-electron chi connectivity index (χ4n) is 3.87. The van der Waals surface area contributed by atoms with Gasteiger partial charge in [0.1, 0.15) is 6.54 Å². The lowest BCUT2D eigenvalue weighted by Crippen LogP contribution is -2.51. The number of aromatic nitrogens is 1. The predicted molar refractivity (Wildman–Crippen MR) is 92.0 cm³/mol. The molecule has 2 aliphatic heterocycles. The van der Waals surface area contributed by atoms with Gasteiger partial charge in [-0.2, -0.15) is 0 Å². The molecule has 25 heavy (non-hydrogen) atoms. The van der Waals surface area contributed by atoms with Crippen molar-refractivity contribution in [1.29, 1.82) is 0 Å². The van der Waals surface area contributed by atoms with Crippen molar-refractivity contribution in [3.63, 3.8) is 0 Å². The van der Waals surface area contributed by atoms with Crippen LogP contribution >= 0.6 is 0 Å². The van der Waals surface area contributed by atoms with Gasteiger partial charge in [-0.3, -0.25) is 14.4 Å². The molecule has 0 bridgehead atoms. The number of nitrogens with zero attached hydrogens (tertiary/aromatic N) is 3. The van der Waals surface area contributed by atoms with Gasteiger partial charge in [0, 0.05) is 45.6 Å². The number of pyridine rings is 1. The second-order valence-electron chi connectivity index (χ2n) is 6.90. The quantitative estimate of drug-likeness (QED) is 0.770. The molecule has 1 aromatic rings. The second kappa shape index (κ2) is 7.39. The molecule has 0 saturated carbocycles. The Morgan fingerprint density at radius 3 is 2.84 bits per heavy atom. The molecular weight excluding hydrogens is 322 g/mol. The lowest BCUT2D eigenvalue weighted by atomic mass is 9.78. The molecule has 0 radical (unpaired) electrons. The number of piperidine rings is 1. The molecule has 2 amide bonds. The fourth-order valence-corrected chi connectivity index (χ4v) is 3.87. The molecule has 2 aliphatic rings. The number of methoxy groups -OCH3 is 1. The molecule has 3 heterocycles. The lowest BCUT2D eigenvalue weighted by Gasteiger charge is -2.39. The third-order valence-electron chi connectivity index (χ3n) is 5.30. The van der Waals surface area contributed by atoms with Gasteiger partial charge in [-0.15, -0.1) is 0 Å². The minimum absolute atomic E-state index is 0.0251. The van der Waals surface area contributed by atoms with Gasteiger partial charge in [0.15, 0.2) is 0 Å². The van der Waals surface area contributed by atoms with E-state index >= 15 is 0 Å². The maximum absolute atomic E-state index is 12.9. The summed E-state index contributed by atoms with van der Waals surface area (Å²) in [6, 6.07) is 4.83. The molecule has 0 unspecified atom stereocenters. The average molecular weight is 347 g/mol. The van der Waals surface area contributed by atoms with Gasteiger partial charge in [-0.05, 0) is 25.3 Å². The zero-order chi connectivity index (χ0) is 17.9. The van der Waals surface area contributed by atoms with Crippen molar-refractivity contribution in [2.75, 3.05) is 39.9 Å². The molecule has 2 saturated heterocycles. The molecule has 7 heteroatoms. The Hall–Kier alpha value is -2.15. The van der Waals surface area contributed by atoms with Crippen molar-refractivity contribution in [1.82, 2.24) is 14.4 Å². The molecular formula is C18H25N3O4. The summed E-state index contributed by atoms with van der Waals surface area (Å²) in [5.74, 6) is 0.0370. The molecule has 1 atom stereocenters. The molecule has 0 aliphatic carbocycles. The maximum atomic E-state index is 12.9. The number of hydrogen-bond acceptors (Lipinski definition) is 4. The highest BCUT2D eigenvalue weighted by Crippen LogP contribution is 2.40.